The summed E-state index contributed by atoms with van der Waals surface area (Å²) in [6.07, 6.45) is 1.06. The second-order valence-corrected chi connectivity index (χ2v) is 6.98. The van der Waals surface area contributed by atoms with E-state index in [1.165, 1.54) is 0 Å². The summed E-state index contributed by atoms with van der Waals surface area (Å²) in [6.45, 7) is 1.72. The summed E-state index contributed by atoms with van der Waals surface area (Å²) in [5.41, 5.74) is 0.975. The molecule has 0 radical (unpaired) electrons. The molecular formula is C17H27ClFIN4. The fourth-order valence-corrected chi connectivity index (χ4v) is 3.44. The first-order valence-electron chi connectivity index (χ1n) is 7.85. The Morgan fingerprint density at radius 2 is 1.92 bits per heavy atom. The van der Waals surface area contributed by atoms with Crippen molar-refractivity contribution in [3.63, 3.8) is 0 Å². The maximum atomic E-state index is 13.8. The van der Waals surface area contributed by atoms with Crippen molar-refractivity contribution in [2.75, 3.05) is 48.3 Å². The molecule has 0 saturated carbocycles. The van der Waals surface area contributed by atoms with Gasteiger partial charge in [0.25, 0.3) is 0 Å². The first-order chi connectivity index (χ1) is 10.8. The van der Waals surface area contributed by atoms with Gasteiger partial charge in [0, 0.05) is 40.8 Å². The first kappa shape index (κ1) is 21.4. The Balaban J connectivity index is 0.00000288. The molecule has 1 aliphatic rings. The minimum Gasteiger partial charge on any atom is -0.349 e. The molecule has 4 nitrogen and oxygen atoms in total. The third kappa shape index (κ3) is 4.95. The highest BCUT2D eigenvalue weighted by Gasteiger charge is 2.33. The molecule has 1 aliphatic heterocycles. The molecule has 136 valence electrons. The van der Waals surface area contributed by atoms with E-state index in [1.54, 1.807) is 12.1 Å². The molecule has 0 aliphatic carbocycles. The normalized spacial score (nSPS) is 20.5. The highest BCUT2D eigenvalue weighted by molar-refractivity contribution is 14.0. The minimum atomic E-state index is -0.353. The van der Waals surface area contributed by atoms with Crippen molar-refractivity contribution in [2.24, 2.45) is 10.9 Å². The second kappa shape index (κ2) is 9.20. The van der Waals surface area contributed by atoms with E-state index in [4.69, 9.17) is 16.6 Å². The molecule has 1 fully saturated rings. The lowest BCUT2D eigenvalue weighted by Crippen LogP contribution is -2.36. The van der Waals surface area contributed by atoms with E-state index in [0.29, 0.717) is 5.92 Å². The van der Waals surface area contributed by atoms with E-state index in [1.807, 2.05) is 44.1 Å². The number of rotatable bonds is 3. The topological polar surface area (TPSA) is 22.1 Å². The van der Waals surface area contributed by atoms with Gasteiger partial charge in [-0.25, -0.2) is 4.39 Å². The molecule has 1 saturated heterocycles. The van der Waals surface area contributed by atoms with Crippen LogP contribution in [0.1, 0.15) is 18.0 Å². The van der Waals surface area contributed by atoms with Crippen LogP contribution in [0.5, 0.6) is 0 Å². The molecule has 0 bridgehead atoms. The van der Waals surface area contributed by atoms with Crippen LogP contribution in [0.3, 0.4) is 0 Å². The van der Waals surface area contributed by atoms with Crippen LogP contribution in [0.4, 0.5) is 4.39 Å². The summed E-state index contributed by atoms with van der Waals surface area (Å²) in [5.74, 6) is 0.963. The first-order valence-corrected chi connectivity index (χ1v) is 8.23. The number of benzene rings is 1. The zero-order valence-electron chi connectivity index (χ0n) is 15.0. The summed E-state index contributed by atoms with van der Waals surface area (Å²) in [7, 11) is 10.0. The quantitative estimate of drug-likeness (QED) is 0.385. The minimum absolute atomic E-state index is 0. The van der Waals surface area contributed by atoms with E-state index >= 15 is 0 Å². The number of likely N-dealkylation sites (tertiary alicyclic amines) is 1. The van der Waals surface area contributed by atoms with E-state index in [2.05, 4.69) is 11.9 Å². The maximum absolute atomic E-state index is 13.8. The third-order valence-electron chi connectivity index (χ3n) is 4.33. The van der Waals surface area contributed by atoms with Gasteiger partial charge in [-0.15, -0.1) is 24.0 Å². The number of hydrogen-bond donors (Lipinski definition) is 0. The Morgan fingerprint density at radius 3 is 2.46 bits per heavy atom. The zero-order chi connectivity index (χ0) is 17.1. The smallest absolute Gasteiger partial charge is 0.195 e. The molecule has 0 spiro atoms. The molecule has 1 aromatic rings. The van der Waals surface area contributed by atoms with Gasteiger partial charge in [-0.2, -0.15) is 0 Å². The average Bonchev–Trinajstić information content (AvgIpc) is 2.82. The summed E-state index contributed by atoms with van der Waals surface area (Å²) >= 11 is 5.81. The zero-order valence-corrected chi connectivity index (χ0v) is 18.0. The Hall–Kier alpha value is -0.600. The number of hydrogen-bond acceptors (Lipinski definition) is 2. The van der Waals surface area contributed by atoms with Gasteiger partial charge in [0.05, 0.1) is 5.02 Å². The lowest BCUT2D eigenvalue weighted by molar-refractivity contribution is 0.278. The number of nitrogens with zero attached hydrogens (tertiary/aromatic N) is 4. The molecular weight excluding hydrogens is 442 g/mol. The lowest BCUT2D eigenvalue weighted by atomic mass is 9.94. The van der Waals surface area contributed by atoms with Crippen LogP contribution < -0.4 is 0 Å². The van der Waals surface area contributed by atoms with Crippen LogP contribution in [0, 0.1) is 11.7 Å². The molecule has 2 unspecified atom stereocenters. The predicted octanol–water partition coefficient (Wildman–Crippen LogP) is 3.57. The van der Waals surface area contributed by atoms with E-state index in [-0.39, 0.29) is 40.9 Å². The monoisotopic (exact) mass is 468 g/mol. The van der Waals surface area contributed by atoms with Crippen LogP contribution in [0.15, 0.2) is 23.2 Å². The lowest BCUT2D eigenvalue weighted by Gasteiger charge is -2.27. The summed E-state index contributed by atoms with van der Waals surface area (Å²) < 4.78 is 13.8. The van der Waals surface area contributed by atoms with Gasteiger partial charge < -0.3 is 9.80 Å². The number of halogens is 3. The van der Waals surface area contributed by atoms with Crippen molar-refractivity contribution in [2.45, 2.75) is 12.5 Å². The third-order valence-corrected chi connectivity index (χ3v) is 4.63. The van der Waals surface area contributed by atoms with Gasteiger partial charge in [-0.1, -0.05) is 17.7 Å². The number of aliphatic imine (C=N–C) groups is 1. The van der Waals surface area contributed by atoms with Crippen LogP contribution in [-0.2, 0) is 0 Å². The van der Waals surface area contributed by atoms with Gasteiger partial charge in [-0.3, -0.25) is 9.89 Å². The highest BCUT2D eigenvalue weighted by atomic mass is 127. The van der Waals surface area contributed by atoms with Gasteiger partial charge in [0.1, 0.15) is 5.82 Å². The van der Waals surface area contributed by atoms with E-state index < -0.39 is 0 Å². The van der Waals surface area contributed by atoms with Crippen molar-refractivity contribution in [1.82, 2.24) is 14.7 Å². The molecule has 24 heavy (non-hydrogen) atoms. The van der Waals surface area contributed by atoms with E-state index in [9.17, 15) is 4.39 Å². The largest absolute Gasteiger partial charge is 0.349 e. The van der Waals surface area contributed by atoms with Crippen molar-refractivity contribution in [3.8, 4) is 0 Å². The van der Waals surface area contributed by atoms with Crippen LogP contribution >= 0.6 is 35.6 Å². The molecule has 0 amide bonds. The Kier molecular flexibility index (Phi) is 8.22. The molecule has 1 heterocycles. The molecule has 0 N–H and O–H groups in total. The SMILES string of the molecule is CN(C)C(=NCC1CCN(C)C1c1ccc(Cl)c(F)c1)N(C)C.I. The summed E-state index contributed by atoms with van der Waals surface area (Å²) in [4.78, 5) is 11.1. The Morgan fingerprint density at radius 1 is 1.29 bits per heavy atom. The van der Waals surface area contributed by atoms with Crippen molar-refractivity contribution >= 4 is 41.5 Å². The van der Waals surface area contributed by atoms with Crippen LogP contribution in [0.2, 0.25) is 5.02 Å². The van der Waals surface area contributed by atoms with Crippen molar-refractivity contribution in [1.29, 1.82) is 0 Å². The fourth-order valence-electron chi connectivity index (χ4n) is 3.32. The number of guanidine groups is 1. The molecule has 1 aromatic carbocycles. The van der Waals surface area contributed by atoms with Gasteiger partial charge >= 0.3 is 0 Å². The Bertz CT molecular complexity index is 570. The summed E-state index contributed by atoms with van der Waals surface area (Å²) in [5, 5.41) is 0.173. The van der Waals surface area contributed by atoms with Gasteiger partial charge in [-0.05, 0) is 43.6 Å². The van der Waals surface area contributed by atoms with Gasteiger partial charge in [0.2, 0.25) is 0 Å². The fraction of sp³-hybridized carbons (Fsp3) is 0.588. The molecule has 0 aromatic heterocycles. The maximum Gasteiger partial charge on any atom is 0.195 e. The standard InChI is InChI=1S/C17H26ClFN4.HI/c1-21(2)17(22(3)4)20-11-13-8-9-23(5)16(13)12-6-7-14(18)15(19)10-12;/h6-7,10,13,16H,8-9,11H2,1-5H3;1H. The van der Waals surface area contributed by atoms with E-state index in [0.717, 1.165) is 31.0 Å². The second-order valence-electron chi connectivity index (χ2n) is 6.58. The van der Waals surface area contributed by atoms with Crippen molar-refractivity contribution in [3.05, 3.63) is 34.6 Å². The van der Waals surface area contributed by atoms with Crippen molar-refractivity contribution < 1.29 is 4.39 Å². The predicted molar refractivity (Wildman–Crippen MR) is 110 cm³/mol. The average molecular weight is 469 g/mol. The highest BCUT2D eigenvalue weighted by Crippen LogP contribution is 2.37. The Labute approximate surface area is 166 Å². The molecule has 2 atom stereocenters. The van der Waals surface area contributed by atoms with Crippen LogP contribution in [-0.4, -0.2) is 69.0 Å². The van der Waals surface area contributed by atoms with Gasteiger partial charge in [0.15, 0.2) is 5.96 Å². The molecule has 7 heteroatoms. The summed E-state index contributed by atoms with van der Waals surface area (Å²) in [6, 6.07) is 5.30. The van der Waals surface area contributed by atoms with Crippen LogP contribution in [0.25, 0.3) is 0 Å². The molecule has 2 rings (SSSR count).